The third kappa shape index (κ3) is 57.2. The van der Waals surface area contributed by atoms with Crippen molar-refractivity contribution in [1.29, 1.82) is 0 Å². The van der Waals surface area contributed by atoms with Gasteiger partial charge in [-0.25, -0.2) is 0 Å². The first-order valence-corrected chi connectivity index (χ1v) is 31.9. The van der Waals surface area contributed by atoms with Crippen LogP contribution in [0.5, 0.6) is 0 Å². The van der Waals surface area contributed by atoms with Crippen molar-refractivity contribution < 1.29 is 32.9 Å². The summed E-state index contributed by atoms with van der Waals surface area (Å²) in [4.78, 5) is 25.5. The highest BCUT2D eigenvalue weighted by Crippen LogP contribution is 2.38. The van der Waals surface area contributed by atoms with Crippen LogP contribution in [0, 0.1) is 0 Å². The SMILES string of the molecule is CC/C=C\C/C=C\C/C=C\C/C=C\C/C=C\CCCCCCCCCCCCCC(=O)NC(COP(=O)([O-])OCC[N+](C)(C)C)C(O)/C=C/CC/C=C/CCCCCCCCCCCCCCCCCCCC. The van der Waals surface area contributed by atoms with Crippen LogP contribution < -0.4 is 10.2 Å². The van der Waals surface area contributed by atoms with Gasteiger partial charge >= 0.3 is 0 Å². The average molecular weight is 1040 g/mol. The van der Waals surface area contributed by atoms with Gasteiger partial charge in [-0.2, -0.15) is 0 Å². The number of aliphatic hydroxyl groups excluding tert-OH is 1. The standard InChI is InChI=1S/C64H117N2O6P/c1-6-8-10-12-14-16-18-20-22-24-26-28-30-32-33-34-36-38-40-42-44-46-48-50-52-54-56-58-64(68)65-62(61-72-73(69,70)71-60-59-66(3,4)5)63(67)57-55-53-51-49-47-45-43-41-39-37-35-31-29-27-25-23-21-19-17-15-13-11-9-7-2/h8,10,14,16,20,22,26,28,32-33,47,49,55,57,62-63,67H,6-7,9,11-13,15,17-19,21,23-25,27,29-31,34-46,48,50-54,56,58-61H2,1-5H3,(H-,65,68,69,70)/b10-8-,16-14-,22-20-,28-26-,33-32-,49-47+,57-55+. The Labute approximate surface area is 452 Å². The molecule has 0 saturated carbocycles. The van der Waals surface area contributed by atoms with Gasteiger partial charge in [0.05, 0.1) is 39.9 Å². The van der Waals surface area contributed by atoms with Crippen LogP contribution in [-0.4, -0.2) is 68.5 Å². The molecule has 0 bridgehead atoms. The van der Waals surface area contributed by atoms with Gasteiger partial charge in [0, 0.05) is 6.42 Å². The summed E-state index contributed by atoms with van der Waals surface area (Å²) < 4.78 is 23.4. The number of amides is 1. The molecular weight excluding hydrogens is 924 g/mol. The smallest absolute Gasteiger partial charge is 0.268 e. The Hall–Kier alpha value is -2.32. The van der Waals surface area contributed by atoms with E-state index in [4.69, 9.17) is 9.05 Å². The highest BCUT2D eigenvalue weighted by Gasteiger charge is 2.23. The number of aliphatic hydroxyl groups is 1. The van der Waals surface area contributed by atoms with Crippen molar-refractivity contribution in [1.82, 2.24) is 5.32 Å². The number of allylic oxidation sites excluding steroid dienone is 13. The number of unbranched alkanes of at least 4 members (excludes halogenated alkanes) is 30. The molecule has 0 radical (unpaired) electrons. The number of likely N-dealkylation sites (N-methyl/N-ethyl adjacent to an activating group) is 1. The summed E-state index contributed by atoms with van der Waals surface area (Å²) in [6, 6.07) is -0.911. The Kier molecular flexibility index (Phi) is 52.7. The fraction of sp³-hybridized carbons (Fsp3) is 0.766. The number of carbonyl (C=O) groups is 1. The number of nitrogens with one attached hydrogen (secondary N) is 1. The first-order chi connectivity index (χ1) is 35.5. The average Bonchev–Trinajstić information content (AvgIpc) is 3.35. The minimum atomic E-state index is -4.61. The van der Waals surface area contributed by atoms with Crippen molar-refractivity contribution in [2.75, 3.05) is 40.9 Å². The molecule has 0 aliphatic carbocycles. The second-order valence-electron chi connectivity index (χ2n) is 21.7. The van der Waals surface area contributed by atoms with E-state index in [1.54, 1.807) is 6.08 Å². The maximum atomic E-state index is 13.0. The van der Waals surface area contributed by atoms with E-state index in [1.165, 1.54) is 173 Å². The molecule has 0 aromatic heterocycles. The van der Waals surface area contributed by atoms with E-state index >= 15 is 0 Å². The molecule has 0 fully saturated rings. The second kappa shape index (κ2) is 54.5. The van der Waals surface area contributed by atoms with Gasteiger partial charge in [0.2, 0.25) is 5.91 Å². The molecule has 9 heteroatoms. The lowest BCUT2D eigenvalue weighted by atomic mass is 10.0. The van der Waals surface area contributed by atoms with Crippen LogP contribution in [0.15, 0.2) is 85.1 Å². The molecule has 0 aliphatic rings. The van der Waals surface area contributed by atoms with Crippen molar-refractivity contribution in [2.24, 2.45) is 0 Å². The molecule has 73 heavy (non-hydrogen) atoms. The first-order valence-electron chi connectivity index (χ1n) is 30.4. The molecule has 2 N–H and O–H groups in total. The van der Waals surface area contributed by atoms with E-state index in [9.17, 15) is 19.4 Å². The Bertz CT molecular complexity index is 1460. The predicted molar refractivity (Wildman–Crippen MR) is 316 cm³/mol. The quantitative estimate of drug-likeness (QED) is 0.0272. The largest absolute Gasteiger partial charge is 0.756 e. The number of quaternary nitrogens is 1. The number of phosphoric ester groups is 1. The van der Waals surface area contributed by atoms with E-state index in [0.29, 0.717) is 17.4 Å². The molecule has 3 unspecified atom stereocenters. The molecular formula is C64H117N2O6P. The lowest BCUT2D eigenvalue weighted by Gasteiger charge is -2.29. The molecule has 0 rings (SSSR count). The lowest BCUT2D eigenvalue weighted by Crippen LogP contribution is -2.45. The van der Waals surface area contributed by atoms with Gasteiger partial charge in [-0.3, -0.25) is 9.36 Å². The zero-order valence-corrected chi connectivity index (χ0v) is 49.2. The van der Waals surface area contributed by atoms with Crippen molar-refractivity contribution >= 4 is 13.7 Å². The van der Waals surface area contributed by atoms with Crippen LogP contribution in [0.3, 0.4) is 0 Å². The number of carbonyl (C=O) groups excluding carboxylic acids is 1. The Morgan fingerprint density at radius 2 is 0.849 bits per heavy atom. The van der Waals surface area contributed by atoms with Gasteiger partial charge in [0.15, 0.2) is 0 Å². The van der Waals surface area contributed by atoms with Crippen LogP contribution in [0.2, 0.25) is 0 Å². The normalized spacial score (nSPS) is 14.5. The predicted octanol–water partition coefficient (Wildman–Crippen LogP) is 18.2. The van der Waals surface area contributed by atoms with E-state index in [0.717, 1.165) is 70.6 Å². The Balaban J connectivity index is 4.24. The van der Waals surface area contributed by atoms with Gasteiger partial charge in [-0.15, -0.1) is 0 Å². The topological polar surface area (TPSA) is 108 Å². The zero-order valence-electron chi connectivity index (χ0n) is 48.3. The highest BCUT2D eigenvalue weighted by atomic mass is 31.2. The molecule has 0 spiro atoms. The first kappa shape index (κ1) is 70.7. The van der Waals surface area contributed by atoms with Crippen LogP contribution in [-0.2, 0) is 18.4 Å². The fourth-order valence-corrected chi connectivity index (χ4v) is 9.33. The second-order valence-corrected chi connectivity index (χ2v) is 23.1. The molecule has 424 valence electrons. The van der Waals surface area contributed by atoms with Crippen LogP contribution in [0.25, 0.3) is 0 Å². The van der Waals surface area contributed by atoms with Gasteiger partial charge in [-0.05, 0) is 77.0 Å². The number of hydrogen-bond donors (Lipinski definition) is 2. The molecule has 0 aromatic rings. The summed E-state index contributed by atoms with van der Waals surface area (Å²) >= 11 is 0. The van der Waals surface area contributed by atoms with E-state index in [1.807, 2.05) is 27.2 Å². The van der Waals surface area contributed by atoms with E-state index in [2.05, 4.69) is 92.1 Å². The minimum Gasteiger partial charge on any atom is -0.756 e. The summed E-state index contributed by atoms with van der Waals surface area (Å²) in [5.41, 5.74) is 0. The number of hydrogen-bond acceptors (Lipinski definition) is 6. The summed E-state index contributed by atoms with van der Waals surface area (Å²) in [6.07, 6.45) is 76.7. The maximum Gasteiger partial charge on any atom is 0.268 e. The third-order valence-electron chi connectivity index (χ3n) is 13.3. The van der Waals surface area contributed by atoms with Gasteiger partial charge in [0.1, 0.15) is 13.2 Å². The molecule has 3 atom stereocenters. The Morgan fingerprint density at radius 3 is 1.27 bits per heavy atom. The van der Waals surface area contributed by atoms with Crippen molar-refractivity contribution in [3.8, 4) is 0 Å². The zero-order chi connectivity index (χ0) is 53.5. The molecule has 0 aromatic carbocycles. The lowest BCUT2D eigenvalue weighted by molar-refractivity contribution is -0.870. The number of phosphoric acid groups is 1. The summed E-state index contributed by atoms with van der Waals surface area (Å²) in [6.45, 7) is 4.53. The van der Waals surface area contributed by atoms with E-state index in [-0.39, 0.29) is 12.5 Å². The summed E-state index contributed by atoms with van der Waals surface area (Å²) in [5, 5.41) is 13.9. The maximum absolute atomic E-state index is 13.0. The van der Waals surface area contributed by atoms with E-state index < -0.39 is 26.6 Å². The van der Waals surface area contributed by atoms with Gasteiger partial charge in [-0.1, -0.05) is 266 Å². The summed E-state index contributed by atoms with van der Waals surface area (Å²) in [7, 11) is 1.24. The fourth-order valence-electron chi connectivity index (χ4n) is 8.61. The number of nitrogens with zero attached hydrogens (tertiary/aromatic N) is 1. The van der Waals surface area contributed by atoms with Crippen molar-refractivity contribution in [3.63, 3.8) is 0 Å². The molecule has 0 saturated heterocycles. The summed E-state index contributed by atoms with van der Waals surface area (Å²) in [5.74, 6) is -0.211. The van der Waals surface area contributed by atoms with Crippen molar-refractivity contribution in [2.45, 2.75) is 276 Å². The van der Waals surface area contributed by atoms with Gasteiger partial charge < -0.3 is 28.8 Å². The van der Waals surface area contributed by atoms with Crippen molar-refractivity contribution in [3.05, 3.63) is 85.1 Å². The number of rotatable bonds is 55. The molecule has 1 amide bonds. The Morgan fingerprint density at radius 1 is 0.493 bits per heavy atom. The molecule has 8 nitrogen and oxygen atoms in total. The third-order valence-corrected chi connectivity index (χ3v) is 14.3. The van der Waals surface area contributed by atoms with Crippen LogP contribution >= 0.6 is 7.82 Å². The van der Waals surface area contributed by atoms with Crippen LogP contribution in [0.1, 0.15) is 264 Å². The molecule has 0 aliphatic heterocycles. The van der Waals surface area contributed by atoms with Gasteiger partial charge in [0.25, 0.3) is 7.82 Å². The monoisotopic (exact) mass is 1040 g/mol. The minimum absolute atomic E-state index is 0.0101. The van der Waals surface area contributed by atoms with Crippen LogP contribution in [0.4, 0.5) is 0 Å². The molecule has 0 heterocycles. The highest BCUT2D eigenvalue weighted by molar-refractivity contribution is 7.45.